The highest BCUT2D eigenvalue weighted by molar-refractivity contribution is 4.98. The Kier molecular flexibility index (Phi) is 5.41. The van der Waals surface area contributed by atoms with E-state index in [1.165, 1.54) is 12.8 Å². The quantitative estimate of drug-likeness (QED) is 0.504. The number of hydrogen-bond donors (Lipinski definition) is 0. The highest BCUT2D eigenvalue weighted by atomic mass is 14.0. The van der Waals surface area contributed by atoms with Crippen molar-refractivity contribution in [2.24, 2.45) is 5.92 Å². The lowest BCUT2D eigenvalue weighted by atomic mass is 10.0. The molecule has 9 heavy (non-hydrogen) atoms. The van der Waals surface area contributed by atoms with Gasteiger partial charge in [-0.25, -0.2) is 0 Å². The van der Waals surface area contributed by atoms with Crippen molar-refractivity contribution in [1.82, 2.24) is 0 Å². The van der Waals surface area contributed by atoms with Crippen LogP contribution in [0.25, 0.3) is 0 Å². The van der Waals surface area contributed by atoms with Crippen LogP contribution in [-0.2, 0) is 0 Å². The fourth-order valence-electron chi connectivity index (χ4n) is 0.770. The largest absolute Gasteiger partial charge is 0.120 e. The van der Waals surface area contributed by atoms with E-state index in [9.17, 15) is 0 Å². The molecule has 0 aliphatic carbocycles. The van der Waals surface area contributed by atoms with E-state index in [1.54, 1.807) is 0 Å². The van der Waals surface area contributed by atoms with Gasteiger partial charge in [0.05, 0.1) is 0 Å². The summed E-state index contributed by atoms with van der Waals surface area (Å²) in [5.74, 6) is 3.14. The lowest BCUT2D eigenvalue weighted by molar-refractivity contribution is 0.628. The number of hydrogen-bond acceptors (Lipinski definition) is 0. The van der Waals surface area contributed by atoms with Crippen molar-refractivity contribution in [3.8, 4) is 12.3 Å². The fourth-order valence-corrected chi connectivity index (χ4v) is 0.770. The summed E-state index contributed by atoms with van der Waals surface area (Å²) in [6, 6.07) is 0. The number of terminal acetylenes is 1. The molecule has 0 N–H and O–H groups in total. The predicted octanol–water partition coefficient (Wildman–Crippen LogP) is 2.65. The molecule has 0 fully saturated rings. The molecule has 0 aromatic heterocycles. The highest BCUT2D eigenvalue weighted by Crippen LogP contribution is 2.09. The van der Waals surface area contributed by atoms with E-state index in [0.717, 1.165) is 6.42 Å². The summed E-state index contributed by atoms with van der Waals surface area (Å²) in [4.78, 5) is 0. The van der Waals surface area contributed by atoms with Crippen LogP contribution in [0.2, 0.25) is 0 Å². The zero-order chi connectivity index (χ0) is 7.11. The molecule has 51 valence electrons. The first-order valence-electron chi connectivity index (χ1n) is 3.60. The molecule has 0 heteroatoms. The molecule has 0 saturated carbocycles. The van der Waals surface area contributed by atoms with Gasteiger partial charge in [0.2, 0.25) is 0 Å². The molecule has 0 nitrogen and oxygen atoms in total. The standard InChI is InChI=1S/C9H15/c1-4-7-8-9(5-2)6-3/h2,6,9H,4,7-8H2,1,3H3. The van der Waals surface area contributed by atoms with Gasteiger partial charge >= 0.3 is 0 Å². The zero-order valence-corrected chi connectivity index (χ0v) is 6.35. The van der Waals surface area contributed by atoms with Crippen LogP contribution in [0.4, 0.5) is 0 Å². The molecule has 0 heterocycles. The summed E-state index contributed by atoms with van der Waals surface area (Å²) in [5.41, 5.74) is 0. The van der Waals surface area contributed by atoms with Crippen LogP contribution in [0, 0.1) is 24.7 Å². The van der Waals surface area contributed by atoms with Gasteiger partial charge in [-0.15, -0.1) is 12.3 Å². The van der Waals surface area contributed by atoms with Crippen LogP contribution in [0.15, 0.2) is 0 Å². The normalized spacial score (nSPS) is 12.6. The van der Waals surface area contributed by atoms with Crippen LogP contribution in [0.1, 0.15) is 33.1 Å². The smallest absolute Gasteiger partial charge is 0.0228 e. The Balaban J connectivity index is 3.23. The first kappa shape index (κ1) is 8.56. The zero-order valence-electron chi connectivity index (χ0n) is 6.35. The molecule has 0 amide bonds. The molecule has 1 atom stereocenters. The number of unbranched alkanes of at least 4 members (excludes halogenated alkanes) is 1. The van der Waals surface area contributed by atoms with Gasteiger partial charge in [0.25, 0.3) is 0 Å². The second-order valence-electron chi connectivity index (χ2n) is 2.25. The average Bonchev–Trinajstić information content (AvgIpc) is 1.91. The number of rotatable bonds is 4. The van der Waals surface area contributed by atoms with Crippen molar-refractivity contribution < 1.29 is 0 Å². The van der Waals surface area contributed by atoms with Crippen LogP contribution >= 0.6 is 0 Å². The highest BCUT2D eigenvalue weighted by Gasteiger charge is 1.98. The SMILES string of the molecule is C#CC([CH]C)CCCC. The molecule has 0 bridgehead atoms. The lowest BCUT2D eigenvalue weighted by Crippen LogP contribution is -1.93. The van der Waals surface area contributed by atoms with Crippen molar-refractivity contribution in [3.05, 3.63) is 6.42 Å². The summed E-state index contributed by atoms with van der Waals surface area (Å²) in [6.45, 7) is 4.21. The molecule has 1 unspecified atom stereocenters. The first-order chi connectivity index (χ1) is 4.35. The predicted molar refractivity (Wildman–Crippen MR) is 41.8 cm³/mol. The Morgan fingerprint density at radius 2 is 2.33 bits per heavy atom. The molecule has 0 aromatic carbocycles. The van der Waals surface area contributed by atoms with Crippen molar-refractivity contribution in [2.75, 3.05) is 0 Å². The van der Waals surface area contributed by atoms with E-state index in [1.807, 2.05) is 6.92 Å². The van der Waals surface area contributed by atoms with E-state index in [4.69, 9.17) is 6.42 Å². The maximum Gasteiger partial charge on any atom is 0.0228 e. The van der Waals surface area contributed by atoms with Crippen molar-refractivity contribution in [3.63, 3.8) is 0 Å². The van der Waals surface area contributed by atoms with E-state index < -0.39 is 0 Å². The minimum absolute atomic E-state index is 0.407. The maximum atomic E-state index is 5.24. The molecule has 0 saturated heterocycles. The minimum atomic E-state index is 0.407. The summed E-state index contributed by atoms with van der Waals surface area (Å²) in [7, 11) is 0. The third-order valence-electron chi connectivity index (χ3n) is 1.49. The molecule has 0 aliphatic rings. The van der Waals surface area contributed by atoms with E-state index >= 15 is 0 Å². The molecular formula is C9H15. The summed E-state index contributed by atoms with van der Waals surface area (Å²) >= 11 is 0. The summed E-state index contributed by atoms with van der Waals surface area (Å²) < 4.78 is 0. The lowest BCUT2D eigenvalue weighted by Gasteiger charge is -2.03. The van der Waals surface area contributed by atoms with Gasteiger partial charge < -0.3 is 0 Å². The monoisotopic (exact) mass is 123 g/mol. The second kappa shape index (κ2) is 5.69. The van der Waals surface area contributed by atoms with Crippen LogP contribution in [0.5, 0.6) is 0 Å². The molecule has 0 aliphatic heterocycles. The van der Waals surface area contributed by atoms with Gasteiger partial charge in [-0.05, 0) is 12.8 Å². The molecule has 1 radical (unpaired) electrons. The topological polar surface area (TPSA) is 0 Å². The third kappa shape index (κ3) is 4.09. The Morgan fingerprint density at radius 1 is 1.67 bits per heavy atom. The fraction of sp³-hybridized carbons (Fsp3) is 0.667. The Labute approximate surface area is 58.7 Å². The van der Waals surface area contributed by atoms with Crippen molar-refractivity contribution in [1.29, 1.82) is 0 Å². The Hall–Kier alpha value is -0.440. The summed E-state index contributed by atoms with van der Waals surface area (Å²) in [5, 5.41) is 0. The summed E-state index contributed by atoms with van der Waals surface area (Å²) in [6.07, 6.45) is 11.0. The van der Waals surface area contributed by atoms with E-state index in [2.05, 4.69) is 19.3 Å². The molecular weight excluding hydrogens is 108 g/mol. The van der Waals surface area contributed by atoms with Gasteiger partial charge in [0.1, 0.15) is 0 Å². The van der Waals surface area contributed by atoms with Gasteiger partial charge in [0, 0.05) is 5.92 Å². The van der Waals surface area contributed by atoms with Crippen molar-refractivity contribution in [2.45, 2.75) is 33.1 Å². The molecule has 0 aromatic rings. The van der Waals surface area contributed by atoms with Crippen LogP contribution < -0.4 is 0 Å². The minimum Gasteiger partial charge on any atom is -0.120 e. The first-order valence-corrected chi connectivity index (χ1v) is 3.60. The maximum absolute atomic E-state index is 5.24. The molecule has 0 rings (SSSR count). The average molecular weight is 123 g/mol. The van der Waals surface area contributed by atoms with Crippen LogP contribution in [0.3, 0.4) is 0 Å². The molecule has 0 spiro atoms. The van der Waals surface area contributed by atoms with E-state index in [-0.39, 0.29) is 0 Å². The third-order valence-corrected chi connectivity index (χ3v) is 1.49. The van der Waals surface area contributed by atoms with Crippen LogP contribution in [-0.4, -0.2) is 0 Å². The van der Waals surface area contributed by atoms with Crippen molar-refractivity contribution >= 4 is 0 Å². The van der Waals surface area contributed by atoms with Gasteiger partial charge in [0.15, 0.2) is 0 Å². The second-order valence-corrected chi connectivity index (χ2v) is 2.25. The Bertz CT molecular complexity index is 86.7. The van der Waals surface area contributed by atoms with Gasteiger partial charge in [-0.1, -0.05) is 26.7 Å². The van der Waals surface area contributed by atoms with E-state index in [0.29, 0.717) is 5.92 Å². The van der Waals surface area contributed by atoms with Gasteiger partial charge in [-0.2, -0.15) is 0 Å². The Morgan fingerprint density at radius 3 is 2.67 bits per heavy atom. The van der Waals surface area contributed by atoms with Gasteiger partial charge in [-0.3, -0.25) is 0 Å².